The van der Waals surface area contributed by atoms with E-state index in [9.17, 15) is 4.79 Å². The van der Waals surface area contributed by atoms with E-state index in [1.54, 1.807) is 7.11 Å². The molecule has 0 spiro atoms. The quantitative estimate of drug-likeness (QED) is 0.772. The first kappa shape index (κ1) is 14.4. The number of hydrogen-bond acceptors (Lipinski definition) is 3. The van der Waals surface area contributed by atoms with Crippen LogP contribution in [-0.2, 0) is 4.79 Å². The monoisotopic (exact) mass is 251 g/mol. The van der Waals surface area contributed by atoms with Gasteiger partial charge in [-0.05, 0) is 18.6 Å². The van der Waals surface area contributed by atoms with Crippen LogP contribution in [0.25, 0.3) is 0 Å². The van der Waals surface area contributed by atoms with Crippen LogP contribution in [0.4, 0.5) is 5.69 Å². The minimum absolute atomic E-state index is 0.141. The molecule has 0 aliphatic heterocycles. The van der Waals surface area contributed by atoms with Crippen molar-refractivity contribution in [2.75, 3.05) is 25.1 Å². The number of hydrogen-bond donors (Lipinski definition) is 1. The van der Waals surface area contributed by atoms with E-state index >= 15 is 0 Å². The molecule has 0 atom stereocenters. The molecule has 4 nitrogen and oxygen atoms in total. The van der Waals surface area contributed by atoms with Crippen molar-refractivity contribution >= 4 is 11.7 Å². The molecule has 0 saturated heterocycles. The van der Waals surface area contributed by atoms with Gasteiger partial charge in [-0.25, -0.2) is 0 Å². The third kappa shape index (κ3) is 4.28. The predicted molar refractivity (Wildman–Crippen MR) is 72.4 cm³/mol. The van der Waals surface area contributed by atoms with E-state index in [4.69, 9.17) is 9.84 Å². The van der Waals surface area contributed by atoms with Crippen molar-refractivity contribution in [2.45, 2.75) is 26.2 Å². The van der Waals surface area contributed by atoms with Crippen molar-refractivity contribution in [3.05, 3.63) is 24.3 Å². The normalized spacial score (nSPS) is 10.1. The molecule has 0 unspecified atom stereocenters. The molecule has 1 aromatic carbocycles. The van der Waals surface area contributed by atoms with Crippen LogP contribution in [0.15, 0.2) is 24.3 Å². The van der Waals surface area contributed by atoms with E-state index < -0.39 is 5.97 Å². The van der Waals surface area contributed by atoms with Gasteiger partial charge in [-0.15, -0.1) is 0 Å². The second-order valence-electron chi connectivity index (χ2n) is 4.16. The number of aliphatic carboxylic acids is 1. The fourth-order valence-corrected chi connectivity index (χ4v) is 1.82. The van der Waals surface area contributed by atoms with Crippen LogP contribution >= 0.6 is 0 Å². The Balaban J connectivity index is 2.82. The molecule has 0 amide bonds. The fraction of sp³-hybridized carbons (Fsp3) is 0.500. The first-order valence-corrected chi connectivity index (χ1v) is 6.28. The number of para-hydroxylation sites is 2. The van der Waals surface area contributed by atoms with Crippen molar-refractivity contribution in [1.82, 2.24) is 0 Å². The highest BCUT2D eigenvalue weighted by atomic mass is 16.5. The van der Waals surface area contributed by atoms with Gasteiger partial charge >= 0.3 is 5.97 Å². The summed E-state index contributed by atoms with van der Waals surface area (Å²) < 4.78 is 5.32. The van der Waals surface area contributed by atoms with Crippen molar-refractivity contribution in [3.8, 4) is 5.75 Å². The molecule has 0 fully saturated rings. The summed E-state index contributed by atoms with van der Waals surface area (Å²) >= 11 is 0. The van der Waals surface area contributed by atoms with Crippen molar-refractivity contribution < 1.29 is 14.6 Å². The molecule has 0 radical (unpaired) electrons. The number of methoxy groups -OCH3 is 1. The summed E-state index contributed by atoms with van der Waals surface area (Å²) in [6.45, 7) is 3.48. The molecule has 0 aliphatic rings. The third-order valence-corrected chi connectivity index (χ3v) is 2.80. The topological polar surface area (TPSA) is 49.8 Å². The zero-order valence-corrected chi connectivity index (χ0v) is 11.1. The molecule has 0 saturated carbocycles. The molecule has 1 aromatic rings. The van der Waals surface area contributed by atoms with Gasteiger partial charge in [0.25, 0.3) is 0 Å². The lowest BCUT2D eigenvalue weighted by Crippen LogP contribution is -2.27. The Hall–Kier alpha value is -1.71. The van der Waals surface area contributed by atoms with Gasteiger partial charge in [-0.2, -0.15) is 0 Å². The van der Waals surface area contributed by atoms with Gasteiger partial charge in [0.05, 0.1) is 19.2 Å². The van der Waals surface area contributed by atoms with Gasteiger partial charge in [0.1, 0.15) is 5.75 Å². The zero-order valence-electron chi connectivity index (χ0n) is 11.1. The Morgan fingerprint density at radius 3 is 2.67 bits per heavy atom. The van der Waals surface area contributed by atoms with Gasteiger partial charge in [-0.3, -0.25) is 4.79 Å². The van der Waals surface area contributed by atoms with E-state index in [-0.39, 0.29) is 6.42 Å². The number of carbonyl (C=O) groups is 1. The SMILES string of the molecule is CCCCN(CCC(=O)O)c1ccccc1OC. The third-order valence-electron chi connectivity index (χ3n) is 2.80. The first-order chi connectivity index (χ1) is 8.69. The van der Waals surface area contributed by atoms with Crippen LogP contribution in [0.1, 0.15) is 26.2 Å². The number of carboxylic acid groups (broad SMARTS) is 1. The van der Waals surface area contributed by atoms with Gasteiger partial charge in [0, 0.05) is 13.1 Å². The molecule has 0 heterocycles. The molecule has 0 aromatic heterocycles. The lowest BCUT2D eigenvalue weighted by Gasteiger charge is -2.25. The summed E-state index contributed by atoms with van der Waals surface area (Å²) in [6, 6.07) is 7.72. The van der Waals surface area contributed by atoms with E-state index in [1.807, 2.05) is 24.3 Å². The molecule has 0 bridgehead atoms. The van der Waals surface area contributed by atoms with Gasteiger partial charge in [0.15, 0.2) is 0 Å². The van der Waals surface area contributed by atoms with Gasteiger partial charge < -0.3 is 14.7 Å². The van der Waals surface area contributed by atoms with E-state index in [1.165, 1.54) is 0 Å². The number of benzene rings is 1. The minimum Gasteiger partial charge on any atom is -0.495 e. The van der Waals surface area contributed by atoms with Crippen molar-refractivity contribution in [3.63, 3.8) is 0 Å². The van der Waals surface area contributed by atoms with Crippen LogP contribution in [0.5, 0.6) is 5.75 Å². The maximum absolute atomic E-state index is 10.7. The van der Waals surface area contributed by atoms with Gasteiger partial charge in [-0.1, -0.05) is 25.5 Å². The molecule has 18 heavy (non-hydrogen) atoms. The molecule has 0 aliphatic carbocycles. The van der Waals surface area contributed by atoms with Crippen LogP contribution < -0.4 is 9.64 Å². The maximum atomic E-state index is 10.7. The molecular weight excluding hydrogens is 230 g/mol. The van der Waals surface area contributed by atoms with Crippen LogP contribution in [0, 0.1) is 0 Å². The molecular formula is C14H21NO3. The smallest absolute Gasteiger partial charge is 0.305 e. The second-order valence-corrected chi connectivity index (χ2v) is 4.16. The van der Waals surface area contributed by atoms with Crippen LogP contribution in [0.2, 0.25) is 0 Å². The molecule has 100 valence electrons. The predicted octanol–water partition coefficient (Wildman–Crippen LogP) is 2.78. The lowest BCUT2D eigenvalue weighted by molar-refractivity contribution is -0.136. The molecule has 1 rings (SSSR count). The standard InChI is InChI=1S/C14H21NO3/c1-3-4-10-15(11-9-14(16)17)12-7-5-6-8-13(12)18-2/h5-8H,3-4,9-11H2,1-2H3,(H,16,17). The summed E-state index contributed by atoms with van der Waals surface area (Å²) in [5.74, 6) is 0.0189. The summed E-state index contributed by atoms with van der Waals surface area (Å²) in [6.07, 6.45) is 2.26. The summed E-state index contributed by atoms with van der Waals surface area (Å²) in [5.41, 5.74) is 0.967. The summed E-state index contributed by atoms with van der Waals surface area (Å²) in [4.78, 5) is 12.8. The fourth-order valence-electron chi connectivity index (χ4n) is 1.82. The Labute approximate surface area is 108 Å². The average molecular weight is 251 g/mol. The van der Waals surface area contributed by atoms with Crippen LogP contribution in [-0.4, -0.2) is 31.3 Å². The highest BCUT2D eigenvalue weighted by molar-refractivity contribution is 5.68. The van der Waals surface area contributed by atoms with E-state index in [0.717, 1.165) is 30.8 Å². The number of nitrogens with zero attached hydrogens (tertiary/aromatic N) is 1. The number of carboxylic acids is 1. The average Bonchev–Trinajstić information content (AvgIpc) is 2.38. The van der Waals surface area contributed by atoms with E-state index in [2.05, 4.69) is 11.8 Å². The number of unbranched alkanes of at least 4 members (excludes halogenated alkanes) is 1. The first-order valence-electron chi connectivity index (χ1n) is 6.28. The Bertz CT molecular complexity index is 379. The minimum atomic E-state index is -0.772. The molecule has 1 N–H and O–H groups in total. The van der Waals surface area contributed by atoms with Crippen LogP contribution in [0.3, 0.4) is 0 Å². The van der Waals surface area contributed by atoms with Gasteiger partial charge in [0.2, 0.25) is 0 Å². The Kier molecular flexibility index (Phi) is 6.05. The number of rotatable bonds is 8. The summed E-state index contributed by atoms with van der Waals surface area (Å²) in [7, 11) is 1.63. The lowest BCUT2D eigenvalue weighted by atomic mass is 10.2. The Morgan fingerprint density at radius 2 is 2.06 bits per heavy atom. The molecule has 4 heteroatoms. The second kappa shape index (κ2) is 7.58. The number of anilines is 1. The summed E-state index contributed by atoms with van der Waals surface area (Å²) in [5, 5.41) is 8.80. The number of ether oxygens (including phenoxy) is 1. The van der Waals surface area contributed by atoms with E-state index in [0.29, 0.717) is 6.54 Å². The van der Waals surface area contributed by atoms with Crippen molar-refractivity contribution in [2.24, 2.45) is 0 Å². The zero-order chi connectivity index (χ0) is 13.4. The highest BCUT2D eigenvalue weighted by Crippen LogP contribution is 2.27. The van der Waals surface area contributed by atoms with Crippen molar-refractivity contribution in [1.29, 1.82) is 0 Å². The Morgan fingerprint density at radius 1 is 1.33 bits per heavy atom. The highest BCUT2D eigenvalue weighted by Gasteiger charge is 2.12. The largest absolute Gasteiger partial charge is 0.495 e. The maximum Gasteiger partial charge on any atom is 0.305 e.